The average Bonchev–Trinajstić information content (AvgIpc) is 2.37. The summed E-state index contributed by atoms with van der Waals surface area (Å²) in [6, 6.07) is 8.25. The Bertz CT molecular complexity index is 608. The number of hydrogen-bond acceptors (Lipinski definition) is 2. The highest BCUT2D eigenvalue weighted by Gasteiger charge is 2.33. The lowest BCUT2D eigenvalue weighted by Gasteiger charge is -2.13. The fourth-order valence-electron chi connectivity index (χ4n) is 1.69. The van der Waals surface area contributed by atoms with Crippen LogP contribution in [-0.2, 0) is 12.8 Å². The molecule has 2 aromatic rings. The van der Waals surface area contributed by atoms with Gasteiger partial charge >= 0.3 is 6.18 Å². The Morgan fingerprint density at radius 1 is 1.00 bits per heavy atom. The maximum Gasteiger partial charge on any atom is 0.416 e. The molecule has 0 bridgehead atoms. The van der Waals surface area contributed by atoms with E-state index in [2.05, 4.69) is 0 Å². The van der Waals surface area contributed by atoms with Crippen LogP contribution in [0.5, 0.6) is 11.5 Å². The van der Waals surface area contributed by atoms with Crippen molar-refractivity contribution in [3.63, 3.8) is 0 Å². The van der Waals surface area contributed by atoms with Crippen LogP contribution in [0.2, 0.25) is 0 Å². The molecule has 0 aliphatic heterocycles. The van der Waals surface area contributed by atoms with Gasteiger partial charge in [0.15, 0.2) is 0 Å². The van der Waals surface area contributed by atoms with E-state index in [1.54, 1.807) is 0 Å². The van der Waals surface area contributed by atoms with Crippen molar-refractivity contribution < 1.29 is 27.4 Å². The van der Waals surface area contributed by atoms with Crippen LogP contribution in [0.4, 0.5) is 17.6 Å². The summed E-state index contributed by atoms with van der Waals surface area (Å²) >= 11 is 0. The second-order valence-electron chi connectivity index (χ2n) is 4.03. The third kappa shape index (κ3) is 3.27. The SMILES string of the molecule is OCc1ccc(Oc2cccc(F)c2)cc1C(F)(F)F. The standard InChI is InChI=1S/C14H10F4O2/c15-10-2-1-3-11(6-10)20-12-5-4-9(8-19)13(7-12)14(16,17)18/h1-7,19H,8H2. The van der Waals surface area contributed by atoms with Crippen LogP contribution in [0.1, 0.15) is 11.1 Å². The number of aliphatic hydroxyl groups excluding tert-OH is 1. The van der Waals surface area contributed by atoms with Gasteiger partial charge in [-0.25, -0.2) is 4.39 Å². The van der Waals surface area contributed by atoms with Crippen molar-refractivity contribution in [2.45, 2.75) is 12.8 Å². The highest BCUT2D eigenvalue weighted by molar-refractivity contribution is 5.39. The van der Waals surface area contributed by atoms with Crippen molar-refractivity contribution in [2.24, 2.45) is 0 Å². The third-order valence-corrected chi connectivity index (χ3v) is 2.59. The van der Waals surface area contributed by atoms with Gasteiger partial charge < -0.3 is 9.84 Å². The van der Waals surface area contributed by atoms with Crippen molar-refractivity contribution in [1.29, 1.82) is 0 Å². The highest BCUT2D eigenvalue weighted by atomic mass is 19.4. The molecule has 20 heavy (non-hydrogen) atoms. The minimum absolute atomic E-state index is 0.0832. The van der Waals surface area contributed by atoms with Gasteiger partial charge in [-0.15, -0.1) is 0 Å². The van der Waals surface area contributed by atoms with Crippen molar-refractivity contribution in [3.05, 3.63) is 59.4 Å². The fourth-order valence-corrected chi connectivity index (χ4v) is 1.69. The quantitative estimate of drug-likeness (QED) is 0.860. The number of aliphatic hydroxyl groups is 1. The van der Waals surface area contributed by atoms with Gasteiger partial charge in [0.05, 0.1) is 12.2 Å². The van der Waals surface area contributed by atoms with E-state index < -0.39 is 24.2 Å². The first-order chi connectivity index (χ1) is 9.40. The molecule has 0 aliphatic carbocycles. The predicted octanol–water partition coefficient (Wildman–Crippen LogP) is 4.13. The molecule has 0 atom stereocenters. The summed E-state index contributed by atoms with van der Waals surface area (Å²) in [4.78, 5) is 0. The Hall–Kier alpha value is -2.08. The number of benzene rings is 2. The van der Waals surface area contributed by atoms with E-state index in [0.29, 0.717) is 0 Å². The molecule has 0 radical (unpaired) electrons. The molecule has 0 saturated carbocycles. The number of ether oxygens (including phenoxy) is 1. The largest absolute Gasteiger partial charge is 0.457 e. The van der Waals surface area contributed by atoms with Gasteiger partial charge in [0.25, 0.3) is 0 Å². The van der Waals surface area contributed by atoms with Crippen molar-refractivity contribution in [2.75, 3.05) is 0 Å². The fraction of sp³-hybridized carbons (Fsp3) is 0.143. The molecular formula is C14H10F4O2. The first-order valence-corrected chi connectivity index (χ1v) is 5.64. The molecule has 2 nitrogen and oxygen atoms in total. The zero-order valence-electron chi connectivity index (χ0n) is 10.1. The molecule has 0 aromatic heterocycles. The topological polar surface area (TPSA) is 29.5 Å². The van der Waals surface area contributed by atoms with E-state index in [1.165, 1.54) is 24.3 Å². The summed E-state index contributed by atoms with van der Waals surface area (Å²) in [7, 11) is 0. The average molecular weight is 286 g/mol. The third-order valence-electron chi connectivity index (χ3n) is 2.59. The van der Waals surface area contributed by atoms with E-state index in [-0.39, 0.29) is 17.1 Å². The van der Waals surface area contributed by atoms with Gasteiger partial charge in [0, 0.05) is 6.07 Å². The van der Waals surface area contributed by atoms with Crippen LogP contribution in [-0.4, -0.2) is 5.11 Å². The van der Waals surface area contributed by atoms with Crippen molar-refractivity contribution >= 4 is 0 Å². The first kappa shape index (κ1) is 14.3. The van der Waals surface area contributed by atoms with E-state index >= 15 is 0 Å². The predicted molar refractivity (Wildman–Crippen MR) is 63.8 cm³/mol. The minimum atomic E-state index is -4.60. The zero-order valence-corrected chi connectivity index (χ0v) is 10.1. The Morgan fingerprint density at radius 3 is 2.30 bits per heavy atom. The lowest BCUT2D eigenvalue weighted by Crippen LogP contribution is -2.09. The molecule has 0 saturated heterocycles. The molecule has 2 rings (SSSR count). The van der Waals surface area contributed by atoms with Crippen LogP contribution < -0.4 is 4.74 Å². The monoisotopic (exact) mass is 286 g/mol. The summed E-state index contributed by atoms with van der Waals surface area (Å²) in [5.41, 5.74) is -1.22. The van der Waals surface area contributed by atoms with Gasteiger partial charge in [-0.1, -0.05) is 12.1 Å². The van der Waals surface area contributed by atoms with Crippen LogP contribution in [0.15, 0.2) is 42.5 Å². The van der Waals surface area contributed by atoms with Gasteiger partial charge in [-0.05, 0) is 29.8 Å². The maximum absolute atomic E-state index is 13.0. The Kier molecular flexibility index (Phi) is 3.94. The molecule has 0 spiro atoms. The minimum Gasteiger partial charge on any atom is -0.457 e. The molecule has 0 heterocycles. The zero-order chi connectivity index (χ0) is 14.8. The highest BCUT2D eigenvalue weighted by Crippen LogP contribution is 2.35. The Morgan fingerprint density at radius 2 is 1.70 bits per heavy atom. The molecule has 0 unspecified atom stereocenters. The summed E-state index contributed by atoms with van der Waals surface area (Å²) in [6.07, 6.45) is -4.60. The number of halogens is 4. The van der Waals surface area contributed by atoms with Gasteiger partial charge in [-0.3, -0.25) is 0 Å². The van der Waals surface area contributed by atoms with Crippen LogP contribution in [0.25, 0.3) is 0 Å². The maximum atomic E-state index is 13.0. The molecular weight excluding hydrogens is 276 g/mol. The van der Waals surface area contributed by atoms with Crippen LogP contribution in [0, 0.1) is 5.82 Å². The lowest BCUT2D eigenvalue weighted by atomic mass is 10.1. The normalized spacial score (nSPS) is 11.4. The lowest BCUT2D eigenvalue weighted by molar-refractivity contribution is -0.138. The molecule has 6 heteroatoms. The first-order valence-electron chi connectivity index (χ1n) is 5.64. The van der Waals surface area contributed by atoms with E-state index in [1.807, 2.05) is 0 Å². The van der Waals surface area contributed by atoms with Crippen molar-refractivity contribution in [1.82, 2.24) is 0 Å². The molecule has 0 fully saturated rings. The number of rotatable bonds is 3. The van der Waals surface area contributed by atoms with E-state index in [0.717, 1.165) is 18.2 Å². The van der Waals surface area contributed by atoms with Gasteiger partial charge in [0.2, 0.25) is 0 Å². The van der Waals surface area contributed by atoms with Crippen LogP contribution in [0.3, 0.4) is 0 Å². The van der Waals surface area contributed by atoms with Gasteiger partial charge in [0.1, 0.15) is 17.3 Å². The molecule has 0 aliphatic rings. The molecule has 1 N–H and O–H groups in total. The van der Waals surface area contributed by atoms with Gasteiger partial charge in [-0.2, -0.15) is 13.2 Å². The number of alkyl halides is 3. The van der Waals surface area contributed by atoms with E-state index in [4.69, 9.17) is 9.84 Å². The summed E-state index contributed by atoms with van der Waals surface area (Å²) < 4.78 is 56.5. The smallest absolute Gasteiger partial charge is 0.416 e. The number of hydrogen-bond donors (Lipinski definition) is 1. The van der Waals surface area contributed by atoms with E-state index in [9.17, 15) is 17.6 Å². The second-order valence-corrected chi connectivity index (χ2v) is 4.03. The molecule has 106 valence electrons. The Balaban J connectivity index is 2.34. The van der Waals surface area contributed by atoms with Crippen molar-refractivity contribution in [3.8, 4) is 11.5 Å². The summed E-state index contributed by atoms with van der Waals surface area (Å²) in [5.74, 6) is -0.541. The Labute approximate surface area is 112 Å². The second kappa shape index (κ2) is 5.50. The molecule has 0 amide bonds. The summed E-state index contributed by atoms with van der Waals surface area (Å²) in [6.45, 7) is -0.727. The summed E-state index contributed by atoms with van der Waals surface area (Å²) in [5, 5.41) is 8.91. The van der Waals surface area contributed by atoms with Crippen LogP contribution >= 0.6 is 0 Å². The molecule has 2 aromatic carbocycles.